The van der Waals surface area contributed by atoms with E-state index >= 15 is 0 Å². The van der Waals surface area contributed by atoms with Gasteiger partial charge in [0.1, 0.15) is 0 Å². The number of aromatic nitrogens is 3. The van der Waals surface area contributed by atoms with Crippen LogP contribution in [0.25, 0.3) is 11.0 Å². The number of halogens is 1. The Morgan fingerprint density at radius 2 is 2.30 bits per heavy atom. The zero-order valence-electron chi connectivity index (χ0n) is 10.8. The number of thioether (sulfide) groups is 1. The molecule has 3 rings (SSSR count). The van der Waals surface area contributed by atoms with Gasteiger partial charge in [0.2, 0.25) is 0 Å². The number of hydrogen-bond donors (Lipinski definition) is 1. The van der Waals surface area contributed by atoms with E-state index in [0.717, 1.165) is 16.2 Å². The van der Waals surface area contributed by atoms with Crippen LogP contribution in [0.15, 0.2) is 41.7 Å². The first-order valence-electron chi connectivity index (χ1n) is 6.06. The van der Waals surface area contributed by atoms with Gasteiger partial charge in [-0.2, -0.15) is 0 Å². The Balaban J connectivity index is 1.74. The second-order valence-corrected chi connectivity index (χ2v) is 5.82. The molecule has 0 radical (unpaired) electrons. The summed E-state index contributed by atoms with van der Waals surface area (Å²) in [5.41, 5.74) is 2.44. The first-order chi connectivity index (χ1) is 9.63. The molecule has 1 aromatic carbocycles. The largest absolute Gasteiger partial charge is 0.348 e. The van der Waals surface area contributed by atoms with Gasteiger partial charge in [0.15, 0.2) is 10.9 Å². The number of nitrogens with one attached hydrogen (secondary N) is 1. The first-order valence-corrected chi connectivity index (χ1v) is 7.42. The van der Waals surface area contributed by atoms with E-state index in [9.17, 15) is 4.79 Å². The van der Waals surface area contributed by atoms with E-state index in [1.807, 2.05) is 42.1 Å². The maximum Gasteiger partial charge on any atom is 0.189 e. The van der Waals surface area contributed by atoms with Gasteiger partial charge in [-0.1, -0.05) is 23.4 Å². The lowest BCUT2D eigenvalue weighted by atomic mass is 10.3. The molecule has 0 bridgehead atoms. The topological polar surface area (TPSA) is 50.7 Å². The zero-order chi connectivity index (χ0) is 14.1. The van der Waals surface area contributed by atoms with Crippen molar-refractivity contribution in [3.63, 3.8) is 0 Å². The molecule has 0 aliphatic rings. The van der Waals surface area contributed by atoms with Crippen molar-refractivity contribution in [2.45, 2.75) is 5.16 Å². The number of fused-ring (bicyclic) bond motifs is 1. The van der Waals surface area contributed by atoms with Crippen molar-refractivity contribution in [2.24, 2.45) is 7.05 Å². The van der Waals surface area contributed by atoms with Crippen LogP contribution in [-0.4, -0.2) is 26.1 Å². The molecular formula is C14H12ClN3OS. The number of ketones is 1. The van der Waals surface area contributed by atoms with E-state index in [2.05, 4.69) is 9.97 Å². The maximum atomic E-state index is 12.1. The van der Waals surface area contributed by atoms with Crippen LogP contribution in [0.3, 0.4) is 0 Å². The summed E-state index contributed by atoms with van der Waals surface area (Å²) < 4.78 is 1.82. The van der Waals surface area contributed by atoms with Gasteiger partial charge in [0.05, 0.1) is 22.5 Å². The van der Waals surface area contributed by atoms with Gasteiger partial charge in [-0.15, -0.1) is 0 Å². The van der Waals surface area contributed by atoms with E-state index < -0.39 is 0 Å². The summed E-state index contributed by atoms with van der Waals surface area (Å²) in [6.45, 7) is 0. The number of carbonyl (C=O) groups is 1. The minimum Gasteiger partial charge on any atom is -0.348 e. The SMILES string of the molecule is Cn1cccc1C(=O)CSc1nc2ccc(Cl)cc2[nH]1. The van der Waals surface area contributed by atoms with Crippen molar-refractivity contribution < 1.29 is 4.79 Å². The van der Waals surface area contributed by atoms with E-state index in [1.165, 1.54) is 11.8 Å². The van der Waals surface area contributed by atoms with E-state index in [-0.39, 0.29) is 5.78 Å². The minimum atomic E-state index is 0.0842. The van der Waals surface area contributed by atoms with Crippen LogP contribution in [0, 0.1) is 0 Å². The molecule has 2 aromatic heterocycles. The molecular weight excluding hydrogens is 294 g/mol. The van der Waals surface area contributed by atoms with E-state index in [4.69, 9.17) is 11.6 Å². The molecule has 0 saturated carbocycles. The average molecular weight is 306 g/mol. The Morgan fingerprint density at radius 3 is 3.05 bits per heavy atom. The number of aryl methyl sites for hydroxylation is 1. The monoisotopic (exact) mass is 305 g/mol. The van der Waals surface area contributed by atoms with Gasteiger partial charge in [-0.25, -0.2) is 4.98 Å². The molecule has 0 fully saturated rings. The first kappa shape index (κ1) is 13.3. The highest BCUT2D eigenvalue weighted by Gasteiger charge is 2.11. The van der Waals surface area contributed by atoms with Crippen molar-refractivity contribution in [1.29, 1.82) is 0 Å². The van der Waals surface area contributed by atoms with Crippen LogP contribution >= 0.6 is 23.4 Å². The number of nitrogens with zero attached hydrogens (tertiary/aromatic N) is 2. The molecule has 1 N–H and O–H groups in total. The Morgan fingerprint density at radius 1 is 1.45 bits per heavy atom. The highest BCUT2D eigenvalue weighted by Crippen LogP contribution is 2.22. The van der Waals surface area contributed by atoms with Crippen LogP contribution in [-0.2, 0) is 7.05 Å². The lowest BCUT2D eigenvalue weighted by Gasteiger charge is -2.00. The molecule has 6 heteroatoms. The van der Waals surface area contributed by atoms with Crippen molar-refractivity contribution in [2.75, 3.05) is 5.75 Å². The minimum absolute atomic E-state index is 0.0842. The fourth-order valence-corrected chi connectivity index (χ4v) is 2.92. The quantitative estimate of drug-likeness (QED) is 0.592. The maximum absolute atomic E-state index is 12.1. The number of H-pyrrole nitrogens is 1. The van der Waals surface area contributed by atoms with Gasteiger partial charge >= 0.3 is 0 Å². The number of hydrogen-bond acceptors (Lipinski definition) is 3. The van der Waals surface area contributed by atoms with E-state index in [1.54, 1.807) is 6.07 Å². The Bertz CT molecular complexity index is 778. The van der Waals surface area contributed by atoms with Gasteiger partial charge in [0, 0.05) is 18.3 Å². The Labute approximate surface area is 125 Å². The summed E-state index contributed by atoms with van der Waals surface area (Å²) in [7, 11) is 1.86. The molecule has 102 valence electrons. The van der Waals surface area contributed by atoms with Crippen molar-refractivity contribution in [1.82, 2.24) is 14.5 Å². The van der Waals surface area contributed by atoms with Gasteiger partial charge < -0.3 is 9.55 Å². The number of Topliss-reactive ketones (excluding diaryl/α,β-unsaturated/α-hetero) is 1. The van der Waals surface area contributed by atoms with Crippen molar-refractivity contribution in [3.8, 4) is 0 Å². The lowest BCUT2D eigenvalue weighted by Crippen LogP contribution is -2.07. The molecule has 0 atom stereocenters. The third-order valence-corrected chi connectivity index (χ3v) is 4.10. The van der Waals surface area contributed by atoms with Gasteiger partial charge in [-0.3, -0.25) is 4.79 Å². The fourth-order valence-electron chi connectivity index (χ4n) is 1.99. The predicted octanol–water partition coefficient (Wildman–Crippen LogP) is 3.53. The molecule has 3 aromatic rings. The summed E-state index contributed by atoms with van der Waals surface area (Å²) in [4.78, 5) is 19.6. The van der Waals surface area contributed by atoms with Crippen molar-refractivity contribution >= 4 is 40.2 Å². The summed E-state index contributed by atoms with van der Waals surface area (Å²) in [6, 6.07) is 9.17. The molecule has 0 amide bonds. The summed E-state index contributed by atoms with van der Waals surface area (Å²) in [5.74, 6) is 0.437. The normalized spacial score (nSPS) is 11.1. The smallest absolute Gasteiger partial charge is 0.189 e. The summed E-state index contributed by atoms with van der Waals surface area (Å²) >= 11 is 7.32. The third-order valence-electron chi connectivity index (χ3n) is 2.99. The van der Waals surface area contributed by atoms with Crippen LogP contribution in [0.5, 0.6) is 0 Å². The summed E-state index contributed by atoms with van der Waals surface area (Å²) in [5, 5.41) is 1.39. The molecule has 0 saturated heterocycles. The number of rotatable bonds is 4. The Hall–Kier alpha value is -1.72. The van der Waals surface area contributed by atoms with Crippen LogP contribution < -0.4 is 0 Å². The Kier molecular flexibility index (Phi) is 3.54. The second kappa shape index (κ2) is 5.34. The molecule has 4 nitrogen and oxygen atoms in total. The number of benzene rings is 1. The van der Waals surface area contributed by atoms with Gasteiger partial charge in [0.25, 0.3) is 0 Å². The molecule has 2 heterocycles. The van der Waals surface area contributed by atoms with Crippen LogP contribution in [0.2, 0.25) is 5.02 Å². The standard InChI is InChI=1S/C14H12ClN3OS/c1-18-6-2-3-12(18)13(19)8-20-14-16-10-5-4-9(15)7-11(10)17-14/h2-7H,8H2,1H3,(H,16,17). The molecule has 0 spiro atoms. The molecule has 0 aliphatic heterocycles. The average Bonchev–Trinajstić information content (AvgIpc) is 3.01. The second-order valence-electron chi connectivity index (χ2n) is 4.42. The highest BCUT2D eigenvalue weighted by atomic mass is 35.5. The summed E-state index contributed by atoms with van der Waals surface area (Å²) in [6.07, 6.45) is 1.86. The van der Waals surface area contributed by atoms with Crippen molar-refractivity contribution in [3.05, 3.63) is 47.2 Å². The lowest BCUT2D eigenvalue weighted by molar-refractivity contribution is 0.101. The number of aromatic amines is 1. The number of imidazole rings is 1. The van der Waals surface area contributed by atoms with Gasteiger partial charge in [-0.05, 0) is 30.3 Å². The molecule has 20 heavy (non-hydrogen) atoms. The predicted molar refractivity (Wildman–Crippen MR) is 81.6 cm³/mol. The molecule has 0 aliphatic carbocycles. The zero-order valence-corrected chi connectivity index (χ0v) is 12.3. The van der Waals surface area contributed by atoms with Crippen LogP contribution in [0.4, 0.5) is 0 Å². The van der Waals surface area contributed by atoms with Crippen LogP contribution in [0.1, 0.15) is 10.5 Å². The third kappa shape index (κ3) is 2.59. The fraction of sp³-hybridized carbons (Fsp3) is 0.143. The number of carbonyl (C=O) groups excluding carboxylic acids is 1. The highest BCUT2D eigenvalue weighted by molar-refractivity contribution is 7.99. The van der Waals surface area contributed by atoms with E-state index in [0.29, 0.717) is 16.5 Å². The molecule has 0 unspecified atom stereocenters.